The van der Waals surface area contributed by atoms with Crippen molar-refractivity contribution in [1.82, 2.24) is 4.90 Å². The summed E-state index contributed by atoms with van der Waals surface area (Å²) in [5.41, 5.74) is 0. The quantitative estimate of drug-likeness (QED) is 0.639. The largest absolute Gasteiger partial charge is 0.467 e. The van der Waals surface area contributed by atoms with Crippen molar-refractivity contribution in [3.8, 4) is 0 Å². The predicted molar refractivity (Wildman–Crippen MR) is 54.1 cm³/mol. The Hall–Kier alpha value is -1.06. The van der Waals surface area contributed by atoms with E-state index in [1.807, 2.05) is 6.92 Å². The number of likely N-dealkylation sites (tertiary alicyclic amines) is 1. The van der Waals surface area contributed by atoms with Crippen LogP contribution < -0.4 is 0 Å². The van der Waals surface area contributed by atoms with E-state index in [4.69, 9.17) is 4.74 Å². The van der Waals surface area contributed by atoms with Crippen LogP contribution in [0.1, 0.15) is 32.6 Å². The summed E-state index contributed by atoms with van der Waals surface area (Å²) < 4.78 is 4.73. The normalized spacial score (nSPS) is 30.4. The number of amides is 1. The minimum atomic E-state index is -0.335. The fourth-order valence-electron chi connectivity index (χ4n) is 2.26. The zero-order chi connectivity index (χ0) is 11.0. The number of rotatable bonds is 2. The topological polar surface area (TPSA) is 46.6 Å². The lowest BCUT2D eigenvalue weighted by Gasteiger charge is -2.26. The molecular formula is C11H17NO3. The number of nitrogens with zero attached hydrogens (tertiary/aromatic N) is 1. The molecule has 1 aliphatic carbocycles. The van der Waals surface area contributed by atoms with Crippen LogP contribution in [0.15, 0.2) is 0 Å². The van der Waals surface area contributed by atoms with Gasteiger partial charge in [0.1, 0.15) is 6.04 Å². The summed E-state index contributed by atoms with van der Waals surface area (Å²) in [5.74, 6) is 0.0569. The van der Waals surface area contributed by atoms with Crippen molar-refractivity contribution in [2.75, 3.05) is 7.11 Å². The molecule has 0 spiro atoms. The summed E-state index contributed by atoms with van der Waals surface area (Å²) in [6.07, 6.45) is 3.61. The molecule has 2 fully saturated rings. The Kier molecular flexibility index (Phi) is 2.67. The first-order valence-corrected chi connectivity index (χ1v) is 5.55. The highest BCUT2D eigenvalue weighted by Gasteiger charge is 2.44. The molecule has 0 N–H and O–H groups in total. The van der Waals surface area contributed by atoms with Crippen LogP contribution in [-0.4, -0.2) is 36.0 Å². The van der Waals surface area contributed by atoms with Gasteiger partial charge >= 0.3 is 5.97 Å². The van der Waals surface area contributed by atoms with E-state index in [1.54, 1.807) is 4.90 Å². The third-order valence-electron chi connectivity index (χ3n) is 3.32. The van der Waals surface area contributed by atoms with Gasteiger partial charge < -0.3 is 9.64 Å². The van der Waals surface area contributed by atoms with Crippen LogP contribution in [0, 0.1) is 5.92 Å². The molecule has 84 valence electrons. The standard InChI is InChI=1S/C11H17NO3/c1-7-3-6-9(11(14)15-2)12(7)10(13)8-4-5-8/h7-9H,3-6H2,1-2H3. The van der Waals surface area contributed by atoms with E-state index in [1.165, 1.54) is 7.11 Å². The summed E-state index contributed by atoms with van der Waals surface area (Å²) >= 11 is 0. The summed E-state index contributed by atoms with van der Waals surface area (Å²) in [6, 6.07) is -0.153. The van der Waals surface area contributed by atoms with Crippen LogP contribution in [0.4, 0.5) is 0 Å². The Balaban J connectivity index is 2.10. The molecule has 1 aliphatic heterocycles. The number of esters is 1. The van der Waals surface area contributed by atoms with Crippen LogP contribution in [0.2, 0.25) is 0 Å². The van der Waals surface area contributed by atoms with Gasteiger partial charge in [-0.1, -0.05) is 0 Å². The summed E-state index contributed by atoms with van der Waals surface area (Å²) in [6.45, 7) is 2.00. The maximum absolute atomic E-state index is 12.0. The molecule has 0 radical (unpaired) electrons. The second kappa shape index (κ2) is 3.83. The second-order valence-electron chi connectivity index (χ2n) is 4.49. The molecule has 4 heteroatoms. The molecule has 1 saturated carbocycles. The van der Waals surface area contributed by atoms with Crippen molar-refractivity contribution in [3.63, 3.8) is 0 Å². The molecule has 0 aromatic heterocycles. The summed E-state index contributed by atoms with van der Waals surface area (Å²) in [4.78, 5) is 25.2. The monoisotopic (exact) mass is 211 g/mol. The van der Waals surface area contributed by atoms with Crippen molar-refractivity contribution in [3.05, 3.63) is 0 Å². The summed E-state index contributed by atoms with van der Waals surface area (Å²) in [5, 5.41) is 0. The van der Waals surface area contributed by atoms with Crippen molar-refractivity contribution < 1.29 is 14.3 Å². The molecule has 0 aromatic carbocycles. The van der Waals surface area contributed by atoms with E-state index in [2.05, 4.69) is 0 Å². The van der Waals surface area contributed by atoms with Gasteiger partial charge in [0.2, 0.25) is 5.91 Å². The van der Waals surface area contributed by atoms with Gasteiger partial charge in [-0.3, -0.25) is 4.79 Å². The number of hydrogen-bond acceptors (Lipinski definition) is 3. The highest BCUT2D eigenvalue weighted by Crippen LogP contribution is 2.35. The molecule has 1 saturated heterocycles. The Morgan fingerprint density at radius 3 is 2.40 bits per heavy atom. The molecule has 4 nitrogen and oxygen atoms in total. The smallest absolute Gasteiger partial charge is 0.328 e. The third kappa shape index (κ3) is 1.85. The fraction of sp³-hybridized carbons (Fsp3) is 0.818. The van der Waals surface area contributed by atoms with Crippen LogP contribution in [0.25, 0.3) is 0 Å². The van der Waals surface area contributed by atoms with Crippen LogP contribution in [0.3, 0.4) is 0 Å². The highest BCUT2D eigenvalue weighted by molar-refractivity contribution is 5.87. The zero-order valence-electron chi connectivity index (χ0n) is 9.23. The lowest BCUT2D eigenvalue weighted by atomic mass is 10.2. The molecule has 2 rings (SSSR count). The molecule has 0 bridgehead atoms. The molecule has 2 aliphatic rings. The van der Waals surface area contributed by atoms with Gasteiger partial charge in [-0.25, -0.2) is 4.79 Å². The molecule has 15 heavy (non-hydrogen) atoms. The molecule has 1 heterocycles. The highest BCUT2D eigenvalue weighted by atomic mass is 16.5. The first kappa shape index (κ1) is 10.5. The Morgan fingerprint density at radius 1 is 1.20 bits per heavy atom. The van der Waals surface area contributed by atoms with E-state index >= 15 is 0 Å². The van der Waals surface area contributed by atoms with Crippen molar-refractivity contribution in [2.45, 2.75) is 44.7 Å². The van der Waals surface area contributed by atoms with Crippen molar-refractivity contribution in [2.24, 2.45) is 5.92 Å². The van der Waals surface area contributed by atoms with E-state index in [0.717, 1.165) is 25.7 Å². The second-order valence-corrected chi connectivity index (χ2v) is 4.49. The predicted octanol–water partition coefficient (Wildman–Crippen LogP) is 0.949. The van der Waals surface area contributed by atoms with Gasteiger partial charge in [-0.2, -0.15) is 0 Å². The van der Waals surface area contributed by atoms with Gasteiger partial charge in [0.05, 0.1) is 7.11 Å². The van der Waals surface area contributed by atoms with E-state index in [9.17, 15) is 9.59 Å². The molecular weight excluding hydrogens is 194 g/mol. The average Bonchev–Trinajstić information content (AvgIpc) is 3.00. The van der Waals surface area contributed by atoms with Gasteiger partial charge in [-0.15, -0.1) is 0 Å². The van der Waals surface area contributed by atoms with E-state index in [-0.39, 0.29) is 29.9 Å². The van der Waals surface area contributed by atoms with Crippen molar-refractivity contribution >= 4 is 11.9 Å². The van der Waals surface area contributed by atoms with E-state index in [0.29, 0.717) is 0 Å². The minimum absolute atomic E-state index is 0.149. The molecule has 0 aromatic rings. The van der Waals surface area contributed by atoms with E-state index < -0.39 is 0 Å². The number of carbonyl (C=O) groups is 2. The maximum Gasteiger partial charge on any atom is 0.328 e. The lowest BCUT2D eigenvalue weighted by Crippen LogP contribution is -2.45. The number of ether oxygens (including phenoxy) is 1. The SMILES string of the molecule is COC(=O)C1CCC(C)N1C(=O)C1CC1. The van der Waals surface area contributed by atoms with Crippen molar-refractivity contribution in [1.29, 1.82) is 0 Å². The Bertz CT molecular complexity index is 286. The number of hydrogen-bond donors (Lipinski definition) is 0. The Morgan fingerprint density at radius 2 is 1.87 bits per heavy atom. The third-order valence-corrected chi connectivity index (χ3v) is 3.32. The number of carbonyl (C=O) groups excluding carboxylic acids is 2. The van der Waals surface area contributed by atoms with Crippen LogP contribution in [0.5, 0.6) is 0 Å². The van der Waals surface area contributed by atoms with Gasteiger partial charge in [0, 0.05) is 12.0 Å². The maximum atomic E-state index is 12.0. The fourth-order valence-corrected chi connectivity index (χ4v) is 2.26. The molecule has 2 atom stereocenters. The van der Waals surface area contributed by atoms with Gasteiger partial charge in [0.25, 0.3) is 0 Å². The van der Waals surface area contributed by atoms with Crippen LogP contribution in [-0.2, 0) is 14.3 Å². The zero-order valence-corrected chi connectivity index (χ0v) is 9.23. The first-order chi connectivity index (χ1) is 7.15. The first-order valence-electron chi connectivity index (χ1n) is 5.55. The lowest BCUT2D eigenvalue weighted by molar-refractivity contribution is -0.152. The summed E-state index contributed by atoms with van der Waals surface area (Å²) in [7, 11) is 1.38. The molecule has 1 amide bonds. The van der Waals surface area contributed by atoms with Crippen LogP contribution >= 0.6 is 0 Å². The minimum Gasteiger partial charge on any atom is -0.467 e. The number of methoxy groups -OCH3 is 1. The van der Waals surface area contributed by atoms with Gasteiger partial charge in [-0.05, 0) is 32.6 Å². The molecule has 2 unspecified atom stereocenters. The van der Waals surface area contributed by atoms with Gasteiger partial charge in [0.15, 0.2) is 0 Å². The Labute approximate surface area is 89.6 Å². The average molecular weight is 211 g/mol.